The Balaban J connectivity index is 1.62. The van der Waals surface area contributed by atoms with Gasteiger partial charge >= 0.3 is 0 Å². The molecule has 4 fully saturated rings. The van der Waals surface area contributed by atoms with E-state index in [-0.39, 0.29) is 0 Å². The maximum Gasteiger partial charge on any atom is 0.0293 e. The van der Waals surface area contributed by atoms with Gasteiger partial charge in [0.05, 0.1) is 0 Å². The Morgan fingerprint density at radius 1 is 0.727 bits per heavy atom. The number of nitrogens with one attached hydrogen (secondary N) is 3. The molecule has 4 nitrogen and oxygen atoms in total. The smallest absolute Gasteiger partial charge is 0.0293 e. The first-order chi connectivity index (χ1) is 10.9. The summed E-state index contributed by atoms with van der Waals surface area (Å²) in [5, 5.41) is 11.0. The van der Waals surface area contributed by atoms with Crippen LogP contribution < -0.4 is 16.0 Å². The minimum atomic E-state index is 0.499. The Hall–Kier alpha value is -0.160. The molecule has 4 rings (SSSR count). The molecule has 4 aliphatic heterocycles. The first-order valence-electron chi connectivity index (χ1n) is 9.80. The summed E-state index contributed by atoms with van der Waals surface area (Å²) in [5.74, 6) is 1.76. The minimum Gasteiger partial charge on any atom is -0.317 e. The highest BCUT2D eigenvalue weighted by Crippen LogP contribution is 2.48. The Labute approximate surface area is 135 Å². The molecule has 0 spiro atoms. The SMILES string of the molecule is C1CNCC(C2(C3CCNC3)CCCN2C2CCNCC2)C1. The number of hydrogen-bond acceptors (Lipinski definition) is 4. The number of rotatable bonds is 3. The Kier molecular flexibility index (Phi) is 4.72. The lowest BCUT2D eigenvalue weighted by Gasteiger charge is -2.53. The molecule has 0 saturated carbocycles. The molecule has 4 heteroatoms. The van der Waals surface area contributed by atoms with Crippen molar-refractivity contribution in [2.24, 2.45) is 11.8 Å². The van der Waals surface area contributed by atoms with Crippen molar-refractivity contribution in [3.05, 3.63) is 0 Å². The van der Waals surface area contributed by atoms with Gasteiger partial charge in [-0.1, -0.05) is 0 Å². The van der Waals surface area contributed by atoms with Crippen LogP contribution in [0.15, 0.2) is 0 Å². The lowest BCUT2D eigenvalue weighted by atomic mass is 9.68. The molecule has 3 atom stereocenters. The third-order valence-electron chi connectivity index (χ3n) is 7.03. The van der Waals surface area contributed by atoms with Crippen LogP contribution in [0.1, 0.15) is 44.9 Å². The van der Waals surface area contributed by atoms with Crippen molar-refractivity contribution in [2.75, 3.05) is 45.8 Å². The first kappa shape index (κ1) is 15.4. The van der Waals surface area contributed by atoms with Gasteiger partial charge in [0.2, 0.25) is 0 Å². The third kappa shape index (κ3) is 2.62. The van der Waals surface area contributed by atoms with Gasteiger partial charge in [-0.25, -0.2) is 0 Å². The average Bonchev–Trinajstić information content (AvgIpc) is 3.26. The number of hydrogen-bond donors (Lipinski definition) is 3. The molecule has 0 bridgehead atoms. The molecule has 0 radical (unpaired) electrons. The molecule has 3 N–H and O–H groups in total. The van der Waals surface area contributed by atoms with Crippen molar-refractivity contribution in [1.29, 1.82) is 0 Å². The van der Waals surface area contributed by atoms with E-state index in [1.54, 1.807) is 0 Å². The highest BCUT2D eigenvalue weighted by Gasteiger charge is 2.54. The van der Waals surface area contributed by atoms with Crippen LogP contribution >= 0.6 is 0 Å². The zero-order chi connectivity index (χ0) is 14.8. The van der Waals surface area contributed by atoms with Crippen molar-refractivity contribution in [2.45, 2.75) is 56.5 Å². The summed E-state index contributed by atoms with van der Waals surface area (Å²) < 4.78 is 0. The van der Waals surface area contributed by atoms with Crippen LogP contribution in [-0.4, -0.2) is 62.3 Å². The molecule has 4 aliphatic rings. The van der Waals surface area contributed by atoms with E-state index in [4.69, 9.17) is 0 Å². The molecule has 22 heavy (non-hydrogen) atoms. The fourth-order valence-electron chi connectivity index (χ4n) is 6.10. The lowest BCUT2D eigenvalue weighted by molar-refractivity contribution is -0.0257. The fraction of sp³-hybridized carbons (Fsp3) is 1.00. The topological polar surface area (TPSA) is 39.3 Å². The van der Waals surface area contributed by atoms with Gasteiger partial charge in [0.25, 0.3) is 0 Å². The Morgan fingerprint density at radius 2 is 1.45 bits per heavy atom. The highest BCUT2D eigenvalue weighted by molar-refractivity contribution is 5.09. The van der Waals surface area contributed by atoms with Gasteiger partial charge in [0.1, 0.15) is 0 Å². The fourth-order valence-corrected chi connectivity index (χ4v) is 6.10. The first-order valence-corrected chi connectivity index (χ1v) is 9.80. The second-order valence-electron chi connectivity index (χ2n) is 8.00. The van der Waals surface area contributed by atoms with Crippen LogP contribution in [0.2, 0.25) is 0 Å². The van der Waals surface area contributed by atoms with Crippen molar-refractivity contribution >= 4 is 0 Å². The van der Waals surface area contributed by atoms with Crippen LogP contribution in [0.25, 0.3) is 0 Å². The van der Waals surface area contributed by atoms with Crippen molar-refractivity contribution in [1.82, 2.24) is 20.9 Å². The monoisotopic (exact) mass is 306 g/mol. The molecular formula is C18H34N4. The van der Waals surface area contributed by atoms with Crippen molar-refractivity contribution in [3.63, 3.8) is 0 Å². The largest absolute Gasteiger partial charge is 0.317 e. The Bertz CT molecular complexity index is 356. The maximum atomic E-state index is 3.72. The third-order valence-corrected chi connectivity index (χ3v) is 7.03. The van der Waals surface area contributed by atoms with Gasteiger partial charge in [0, 0.05) is 11.6 Å². The summed E-state index contributed by atoms with van der Waals surface area (Å²) >= 11 is 0. The van der Waals surface area contributed by atoms with E-state index in [9.17, 15) is 0 Å². The second-order valence-corrected chi connectivity index (χ2v) is 8.00. The molecular weight excluding hydrogens is 272 g/mol. The van der Waals surface area contributed by atoms with E-state index >= 15 is 0 Å². The van der Waals surface area contributed by atoms with Gasteiger partial charge in [-0.05, 0) is 103 Å². The predicted molar refractivity (Wildman–Crippen MR) is 91.1 cm³/mol. The van der Waals surface area contributed by atoms with Crippen LogP contribution in [0.4, 0.5) is 0 Å². The summed E-state index contributed by atoms with van der Waals surface area (Å²) in [6.07, 6.45) is 9.84. The highest BCUT2D eigenvalue weighted by atomic mass is 15.3. The van der Waals surface area contributed by atoms with Gasteiger partial charge in [0.15, 0.2) is 0 Å². The standard InChI is InChI=1S/C18H34N4/c1-3-15(13-20-8-1)18(16-4-9-21-14-16)7-2-12-22(18)17-5-10-19-11-6-17/h15-17,19-21H,1-14H2. The van der Waals surface area contributed by atoms with E-state index in [1.807, 2.05) is 0 Å². The number of piperidine rings is 2. The van der Waals surface area contributed by atoms with Gasteiger partial charge in [-0.2, -0.15) is 0 Å². The van der Waals surface area contributed by atoms with Crippen LogP contribution in [-0.2, 0) is 0 Å². The maximum absolute atomic E-state index is 3.72. The molecule has 0 aromatic rings. The molecule has 126 valence electrons. The normalized spacial score (nSPS) is 42.0. The summed E-state index contributed by atoms with van der Waals surface area (Å²) in [6, 6.07) is 0.839. The average molecular weight is 306 g/mol. The molecule has 4 saturated heterocycles. The summed E-state index contributed by atoms with van der Waals surface area (Å²) in [4.78, 5) is 3.03. The second kappa shape index (κ2) is 6.76. The molecule has 0 aromatic carbocycles. The molecule has 0 aromatic heterocycles. The number of likely N-dealkylation sites (tertiary alicyclic amines) is 1. The van der Waals surface area contributed by atoms with E-state index in [2.05, 4.69) is 20.9 Å². The van der Waals surface area contributed by atoms with Crippen LogP contribution in [0.5, 0.6) is 0 Å². The molecule has 0 amide bonds. The Morgan fingerprint density at radius 3 is 2.14 bits per heavy atom. The van der Waals surface area contributed by atoms with Gasteiger partial charge < -0.3 is 16.0 Å². The predicted octanol–water partition coefficient (Wildman–Crippen LogP) is 1.18. The molecule has 0 aliphatic carbocycles. The minimum absolute atomic E-state index is 0.499. The van der Waals surface area contributed by atoms with Crippen molar-refractivity contribution in [3.8, 4) is 0 Å². The quantitative estimate of drug-likeness (QED) is 0.732. The summed E-state index contributed by atoms with van der Waals surface area (Å²) in [5.41, 5.74) is 0.499. The molecule has 4 heterocycles. The van der Waals surface area contributed by atoms with E-state index in [0.717, 1.165) is 17.9 Å². The molecule has 3 unspecified atom stereocenters. The van der Waals surface area contributed by atoms with Crippen LogP contribution in [0.3, 0.4) is 0 Å². The van der Waals surface area contributed by atoms with Gasteiger partial charge in [-0.15, -0.1) is 0 Å². The van der Waals surface area contributed by atoms with E-state index in [0.29, 0.717) is 5.54 Å². The van der Waals surface area contributed by atoms with Gasteiger partial charge in [-0.3, -0.25) is 4.90 Å². The summed E-state index contributed by atoms with van der Waals surface area (Å²) in [6.45, 7) is 8.81. The van der Waals surface area contributed by atoms with Crippen molar-refractivity contribution < 1.29 is 0 Å². The van der Waals surface area contributed by atoms with E-state index in [1.165, 1.54) is 90.8 Å². The summed E-state index contributed by atoms with van der Waals surface area (Å²) in [7, 11) is 0. The zero-order valence-corrected chi connectivity index (χ0v) is 14.1. The lowest BCUT2D eigenvalue weighted by Crippen LogP contribution is -2.62. The zero-order valence-electron chi connectivity index (χ0n) is 14.1. The number of nitrogens with zero attached hydrogens (tertiary/aromatic N) is 1. The van der Waals surface area contributed by atoms with Crippen LogP contribution in [0, 0.1) is 11.8 Å². The van der Waals surface area contributed by atoms with E-state index < -0.39 is 0 Å².